The summed E-state index contributed by atoms with van der Waals surface area (Å²) in [5.74, 6) is -1.43. The number of nitrogens with one attached hydrogen (secondary N) is 3. The molecule has 13 heteroatoms. The predicted octanol–water partition coefficient (Wildman–Crippen LogP) is 3.91. The van der Waals surface area contributed by atoms with Crippen LogP contribution in [-0.4, -0.2) is 102 Å². The zero-order chi connectivity index (χ0) is 38.0. The van der Waals surface area contributed by atoms with Gasteiger partial charge in [-0.25, -0.2) is 9.49 Å². The first-order valence-corrected chi connectivity index (χ1v) is 18.2. The molecule has 1 saturated heterocycles. The lowest BCUT2D eigenvalue weighted by molar-refractivity contribution is -0.131. The molecule has 1 aliphatic heterocycles. The van der Waals surface area contributed by atoms with E-state index in [0.717, 1.165) is 23.1 Å². The van der Waals surface area contributed by atoms with E-state index >= 15 is 0 Å². The van der Waals surface area contributed by atoms with Crippen LogP contribution in [0.2, 0.25) is 0 Å². The number of nitrogens with zero attached hydrogens (tertiary/aromatic N) is 4. The summed E-state index contributed by atoms with van der Waals surface area (Å²) < 4.78 is 20.5. The molecule has 6 rings (SSSR count). The van der Waals surface area contributed by atoms with Gasteiger partial charge in [0.25, 0.3) is 17.4 Å². The van der Waals surface area contributed by atoms with Gasteiger partial charge in [0, 0.05) is 62.8 Å². The van der Waals surface area contributed by atoms with E-state index in [1.807, 2.05) is 37.3 Å². The van der Waals surface area contributed by atoms with E-state index in [-0.39, 0.29) is 42.6 Å². The van der Waals surface area contributed by atoms with Crippen LogP contribution in [0, 0.1) is 12.7 Å². The Morgan fingerprint density at radius 1 is 0.870 bits per heavy atom. The van der Waals surface area contributed by atoms with Gasteiger partial charge in [-0.1, -0.05) is 55.5 Å². The van der Waals surface area contributed by atoms with Gasteiger partial charge in [-0.2, -0.15) is 5.10 Å². The van der Waals surface area contributed by atoms with E-state index in [0.29, 0.717) is 73.5 Å². The van der Waals surface area contributed by atoms with Crippen LogP contribution in [0.15, 0.2) is 83.8 Å². The first-order chi connectivity index (χ1) is 26.2. The molecule has 280 valence electrons. The Balaban J connectivity index is 0.879. The van der Waals surface area contributed by atoms with Gasteiger partial charge in [-0.05, 0) is 59.9 Å². The number of hydrogen-bond acceptors (Lipinski definition) is 8. The number of pyridine rings is 1. The first kappa shape index (κ1) is 38.0. The number of amides is 3. The van der Waals surface area contributed by atoms with Gasteiger partial charge in [0.1, 0.15) is 11.5 Å². The van der Waals surface area contributed by atoms with Crippen molar-refractivity contribution in [1.82, 2.24) is 35.6 Å². The van der Waals surface area contributed by atoms with Crippen LogP contribution in [0.3, 0.4) is 0 Å². The largest absolute Gasteiger partial charge is 0.378 e. The highest BCUT2D eigenvalue weighted by molar-refractivity contribution is 5.95. The number of piperazine rings is 1. The zero-order valence-corrected chi connectivity index (χ0v) is 30.5. The molecule has 0 bridgehead atoms. The second-order valence-electron chi connectivity index (χ2n) is 13.2. The second kappa shape index (κ2) is 17.8. The van der Waals surface area contributed by atoms with Crippen LogP contribution >= 0.6 is 0 Å². The molecule has 5 aromatic rings. The number of halogens is 1. The number of hydrogen-bond donors (Lipinski definition) is 3. The monoisotopic (exact) mass is 733 g/mol. The fourth-order valence-corrected chi connectivity index (χ4v) is 6.49. The summed E-state index contributed by atoms with van der Waals surface area (Å²) in [5, 5.41) is 13.8. The summed E-state index contributed by atoms with van der Waals surface area (Å²) in [6, 6.07) is 21.8. The van der Waals surface area contributed by atoms with Crippen molar-refractivity contribution in [2.24, 2.45) is 0 Å². The molecule has 0 radical (unpaired) electrons. The Hall–Kier alpha value is -5.79. The molecular formula is C41H44FN7O5. The summed E-state index contributed by atoms with van der Waals surface area (Å²) >= 11 is 0. The molecule has 2 aromatic heterocycles. The Morgan fingerprint density at radius 3 is 2.41 bits per heavy atom. The second-order valence-corrected chi connectivity index (χ2v) is 13.2. The van der Waals surface area contributed by atoms with Crippen molar-refractivity contribution in [1.29, 1.82) is 0 Å². The minimum absolute atomic E-state index is 0.0445. The molecule has 0 spiro atoms. The van der Waals surface area contributed by atoms with Crippen LogP contribution in [0.1, 0.15) is 50.2 Å². The molecule has 0 unspecified atom stereocenters. The van der Waals surface area contributed by atoms with Crippen molar-refractivity contribution in [2.75, 3.05) is 59.0 Å². The van der Waals surface area contributed by atoms with Crippen LogP contribution in [0.25, 0.3) is 21.9 Å². The smallest absolute Gasteiger partial charge is 0.272 e. The summed E-state index contributed by atoms with van der Waals surface area (Å²) in [6.45, 7) is 6.75. The number of aromatic amines is 1. The molecule has 3 heterocycles. The fourth-order valence-electron chi connectivity index (χ4n) is 6.49. The zero-order valence-electron chi connectivity index (χ0n) is 30.5. The van der Waals surface area contributed by atoms with E-state index in [1.165, 1.54) is 17.7 Å². The minimum Gasteiger partial charge on any atom is -0.378 e. The molecule has 0 saturated carbocycles. The Labute approximate surface area is 312 Å². The minimum atomic E-state index is -0.623. The number of ether oxygens (including phenoxy) is 1. The molecule has 3 amide bonds. The van der Waals surface area contributed by atoms with Gasteiger partial charge in [0.15, 0.2) is 0 Å². The summed E-state index contributed by atoms with van der Waals surface area (Å²) in [6.07, 6.45) is 2.97. The molecule has 0 aliphatic carbocycles. The van der Waals surface area contributed by atoms with Gasteiger partial charge in [0.05, 0.1) is 36.4 Å². The number of carbonyl (C=O) groups is 3. The topological polar surface area (TPSA) is 150 Å². The highest BCUT2D eigenvalue weighted by Gasteiger charge is 2.26. The van der Waals surface area contributed by atoms with Gasteiger partial charge >= 0.3 is 0 Å². The van der Waals surface area contributed by atoms with Crippen LogP contribution in [0.5, 0.6) is 0 Å². The van der Waals surface area contributed by atoms with Crippen LogP contribution in [-0.2, 0) is 22.4 Å². The number of aryl methyl sites for hydroxylation is 2. The predicted molar refractivity (Wildman–Crippen MR) is 204 cm³/mol. The first-order valence-electron chi connectivity index (χ1n) is 18.2. The third kappa shape index (κ3) is 9.22. The Morgan fingerprint density at radius 2 is 1.63 bits per heavy atom. The van der Waals surface area contributed by atoms with Crippen molar-refractivity contribution in [3.05, 3.63) is 129 Å². The third-order valence-corrected chi connectivity index (χ3v) is 9.52. The van der Waals surface area contributed by atoms with E-state index in [2.05, 4.69) is 44.9 Å². The van der Waals surface area contributed by atoms with Crippen molar-refractivity contribution in [3.63, 3.8) is 0 Å². The summed E-state index contributed by atoms with van der Waals surface area (Å²) in [4.78, 5) is 58.7. The van der Waals surface area contributed by atoms with Crippen molar-refractivity contribution in [2.45, 2.75) is 26.7 Å². The molecule has 3 aromatic carbocycles. The lowest BCUT2D eigenvalue weighted by Gasteiger charge is -2.35. The van der Waals surface area contributed by atoms with Gasteiger partial charge in [0.2, 0.25) is 5.91 Å². The lowest BCUT2D eigenvalue weighted by atomic mass is 10.0. The molecule has 54 heavy (non-hydrogen) atoms. The quantitative estimate of drug-likeness (QED) is 0.146. The molecule has 3 N–H and O–H groups in total. The summed E-state index contributed by atoms with van der Waals surface area (Å²) in [7, 11) is 0. The van der Waals surface area contributed by atoms with Gasteiger partial charge in [-0.3, -0.25) is 24.2 Å². The van der Waals surface area contributed by atoms with E-state index in [4.69, 9.17) is 4.74 Å². The van der Waals surface area contributed by atoms with Gasteiger partial charge in [-0.15, -0.1) is 0 Å². The standard InChI is InChI=1S/C41H44FN7O5/c1-3-28-7-6-8-30(22-28)31-21-27(2)38(45-25-31)40(52)44-14-20-54-19-13-43-26-37(50)48-15-17-49(18-16-48)41(53)34-23-29(11-12-35(34)42)24-36-32-9-4-5-10-33(32)39(51)47-46-36/h4-12,21-23,25,43H,3,13-20,24,26H2,1-2H3,(H,44,52)(H,47,51). The third-order valence-electron chi connectivity index (χ3n) is 9.52. The normalized spacial score (nSPS) is 12.9. The van der Waals surface area contributed by atoms with Crippen molar-refractivity contribution >= 4 is 28.5 Å². The number of aromatic nitrogens is 3. The molecule has 12 nitrogen and oxygen atoms in total. The summed E-state index contributed by atoms with van der Waals surface area (Å²) in [5.41, 5.74) is 5.41. The van der Waals surface area contributed by atoms with Crippen LogP contribution < -0.4 is 16.2 Å². The van der Waals surface area contributed by atoms with Crippen molar-refractivity contribution < 1.29 is 23.5 Å². The van der Waals surface area contributed by atoms with Crippen LogP contribution in [0.4, 0.5) is 4.39 Å². The molecule has 1 aliphatic rings. The maximum atomic E-state index is 14.9. The molecular weight excluding hydrogens is 689 g/mol. The Bertz CT molecular complexity index is 2200. The molecule has 1 fully saturated rings. The SMILES string of the molecule is CCc1cccc(-c2cnc(C(=O)NCCOCCNCC(=O)N3CCN(C(=O)c4cc(Cc5n[nH]c(=O)c6ccccc56)ccc4F)CC3)c(C)c2)c1. The van der Waals surface area contributed by atoms with E-state index < -0.39 is 11.7 Å². The van der Waals surface area contributed by atoms with E-state index in [1.54, 1.807) is 34.2 Å². The number of benzene rings is 3. The molecule has 0 atom stereocenters. The number of H-pyrrole nitrogens is 1. The number of rotatable bonds is 14. The highest BCUT2D eigenvalue weighted by Crippen LogP contribution is 2.23. The number of carbonyl (C=O) groups excluding carboxylic acids is 3. The van der Waals surface area contributed by atoms with E-state index in [9.17, 15) is 23.6 Å². The maximum Gasteiger partial charge on any atom is 0.272 e. The average molecular weight is 734 g/mol. The average Bonchev–Trinajstić information content (AvgIpc) is 3.20. The maximum absolute atomic E-state index is 14.9. The Kier molecular flexibility index (Phi) is 12.5. The van der Waals surface area contributed by atoms with Gasteiger partial charge < -0.3 is 25.2 Å². The van der Waals surface area contributed by atoms with Crippen molar-refractivity contribution in [3.8, 4) is 11.1 Å². The fraction of sp³-hybridized carbons (Fsp3) is 0.317. The highest BCUT2D eigenvalue weighted by atomic mass is 19.1. The lowest BCUT2D eigenvalue weighted by Crippen LogP contribution is -2.52. The number of fused-ring (bicyclic) bond motifs is 1.